The fourth-order valence-electron chi connectivity index (χ4n) is 3.32. The van der Waals surface area contributed by atoms with Gasteiger partial charge in [0.15, 0.2) is 0 Å². The zero-order chi connectivity index (χ0) is 21.4. The second kappa shape index (κ2) is 7.87. The average molecular weight is 452 g/mol. The third-order valence-corrected chi connectivity index (χ3v) is 5.51. The SMILES string of the molecule is CC(C)(C)c1cc(N(c2ccccc2)c2cc(O)cc(Br)c2)cc(C(C)(C)C)c1. The van der Waals surface area contributed by atoms with Crippen LogP contribution in [0.4, 0.5) is 17.1 Å². The van der Waals surface area contributed by atoms with Gasteiger partial charge in [-0.15, -0.1) is 0 Å². The molecule has 0 aromatic heterocycles. The van der Waals surface area contributed by atoms with Crippen molar-refractivity contribution in [1.82, 2.24) is 0 Å². The molecule has 0 spiro atoms. The van der Waals surface area contributed by atoms with Crippen LogP contribution >= 0.6 is 15.9 Å². The first-order valence-corrected chi connectivity index (χ1v) is 10.8. The van der Waals surface area contributed by atoms with Crippen LogP contribution in [0.2, 0.25) is 0 Å². The Kier molecular flexibility index (Phi) is 5.82. The van der Waals surface area contributed by atoms with Gasteiger partial charge < -0.3 is 10.0 Å². The molecule has 1 N–H and O–H groups in total. The van der Waals surface area contributed by atoms with Crippen LogP contribution < -0.4 is 4.90 Å². The molecule has 0 aliphatic carbocycles. The first-order valence-electron chi connectivity index (χ1n) is 9.96. The summed E-state index contributed by atoms with van der Waals surface area (Å²) < 4.78 is 0.844. The van der Waals surface area contributed by atoms with Gasteiger partial charge in [0.05, 0.1) is 5.69 Å². The minimum atomic E-state index is 0.0256. The number of phenols is 1. The maximum Gasteiger partial charge on any atom is 0.118 e. The number of anilines is 3. The number of phenolic OH excluding ortho intramolecular Hbond substituents is 1. The number of benzene rings is 3. The molecule has 0 heterocycles. The van der Waals surface area contributed by atoms with Gasteiger partial charge in [0.2, 0.25) is 0 Å². The fourth-order valence-corrected chi connectivity index (χ4v) is 3.79. The molecule has 0 fully saturated rings. The van der Waals surface area contributed by atoms with Crippen molar-refractivity contribution in [2.75, 3.05) is 4.90 Å². The quantitative estimate of drug-likeness (QED) is 0.433. The lowest BCUT2D eigenvalue weighted by Gasteiger charge is -2.31. The highest BCUT2D eigenvalue weighted by molar-refractivity contribution is 9.10. The molecule has 0 saturated carbocycles. The van der Waals surface area contributed by atoms with Crippen LogP contribution in [-0.4, -0.2) is 5.11 Å². The Hall–Kier alpha value is -2.26. The standard InChI is InChI=1S/C26H30BrNO/c1-25(2,3)18-12-19(26(4,5)6)14-22(13-18)28(21-10-8-7-9-11-21)23-15-20(27)16-24(29)17-23/h7-17,29H,1-6H3. The Morgan fingerprint density at radius 3 is 1.66 bits per heavy atom. The second-order valence-electron chi connectivity index (χ2n) is 9.61. The van der Waals surface area contributed by atoms with Crippen molar-refractivity contribution in [1.29, 1.82) is 0 Å². The van der Waals surface area contributed by atoms with Gasteiger partial charge >= 0.3 is 0 Å². The molecule has 152 valence electrons. The minimum absolute atomic E-state index is 0.0256. The highest BCUT2D eigenvalue weighted by atomic mass is 79.9. The van der Waals surface area contributed by atoms with E-state index in [1.165, 1.54) is 11.1 Å². The molecule has 0 atom stereocenters. The average Bonchev–Trinajstić information content (AvgIpc) is 2.60. The molecule has 0 radical (unpaired) electrons. The van der Waals surface area contributed by atoms with E-state index in [2.05, 4.69) is 92.7 Å². The molecule has 3 aromatic rings. The van der Waals surface area contributed by atoms with Gasteiger partial charge in [-0.25, -0.2) is 0 Å². The lowest BCUT2D eigenvalue weighted by atomic mass is 9.80. The molecule has 3 heteroatoms. The van der Waals surface area contributed by atoms with E-state index in [0.717, 1.165) is 21.5 Å². The third kappa shape index (κ3) is 5.02. The molecule has 0 bridgehead atoms. The van der Waals surface area contributed by atoms with Crippen LogP contribution in [0.15, 0.2) is 71.2 Å². The van der Waals surface area contributed by atoms with Gasteiger partial charge in [-0.2, -0.15) is 0 Å². The van der Waals surface area contributed by atoms with Crippen LogP contribution in [0.1, 0.15) is 52.7 Å². The number of para-hydroxylation sites is 1. The summed E-state index contributed by atoms with van der Waals surface area (Å²) in [5, 5.41) is 10.2. The first-order chi connectivity index (χ1) is 13.4. The smallest absolute Gasteiger partial charge is 0.118 e. The van der Waals surface area contributed by atoms with Crippen molar-refractivity contribution in [2.24, 2.45) is 0 Å². The molecule has 0 saturated heterocycles. The molecule has 0 aliphatic rings. The molecule has 2 nitrogen and oxygen atoms in total. The van der Waals surface area contributed by atoms with E-state index in [1.807, 2.05) is 24.3 Å². The summed E-state index contributed by atoms with van der Waals surface area (Å²) in [6, 6.07) is 22.7. The zero-order valence-electron chi connectivity index (χ0n) is 18.1. The summed E-state index contributed by atoms with van der Waals surface area (Å²) in [6.07, 6.45) is 0. The van der Waals surface area contributed by atoms with Crippen LogP contribution in [0.25, 0.3) is 0 Å². The number of rotatable bonds is 3. The Morgan fingerprint density at radius 1 is 0.655 bits per heavy atom. The monoisotopic (exact) mass is 451 g/mol. The number of nitrogens with zero attached hydrogens (tertiary/aromatic N) is 1. The summed E-state index contributed by atoms with van der Waals surface area (Å²) in [5.41, 5.74) is 5.69. The number of hydrogen-bond donors (Lipinski definition) is 1. The Balaban J connectivity index is 2.31. The Labute approximate surface area is 183 Å². The van der Waals surface area contributed by atoms with Crippen molar-refractivity contribution >= 4 is 33.0 Å². The van der Waals surface area contributed by atoms with Crippen LogP contribution in [-0.2, 0) is 10.8 Å². The van der Waals surface area contributed by atoms with Gasteiger partial charge in [-0.3, -0.25) is 0 Å². The summed E-state index contributed by atoms with van der Waals surface area (Å²) in [5.74, 6) is 0.235. The maximum absolute atomic E-state index is 10.2. The molecular weight excluding hydrogens is 422 g/mol. The van der Waals surface area contributed by atoms with Crippen molar-refractivity contribution in [3.63, 3.8) is 0 Å². The molecule has 0 unspecified atom stereocenters. The van der Waals surface area contributed by atoms with E-state index < -0.39 is 0 Å². The molecular formula is C26H30BrNO. The Bertz CT molecular complexity index is 945. The van der Waals surface area contributed by atoms with Crippen molar-refractivity contribution in [3.05, 3.63) is 82.3 Å². The molecule has 0 amide bonds. The van der Waals surface area contributed by atoms with Gasteiger partial charge in [-0.05, 0) is 58.4 Å². The molecule has 29 heavy (non-hydrogen) atoms. The fraction of sp³-hybridized carbons (Fsp3) is 0.308. The minimum Gasteiger partial charge on any atom is -0.508 e. The van der Waals surface area contributed by atoms with Gasteiger partial charge in [0, 0.05) is 21.9 Å². The maximum atomic E-state index is 10.2. The van der Waals surface area contributed by atoms with Gasteiger partial charge in [0.25, 0.3) is 0 Å². The number of hydrogen-bond acceptors (Lipinski definition) is 2. The summed E-state index contributed by atoms with van der Waals surface area (Å²) in [6.45, 7) is 13.5. The number of aromatic hydroxyl groups is 1. The van der Waals surface area contributed by atoms with Crippen LogP contribution in [0.3, 0.4) is 0 Å². The third-order valence-electron chi connectivity index (χ3n) is 5.05. The van der Waals surface area contributed by atoms with E-state index in [4.69, 9.17) is 0 Å². The zero-order valence-corrected chi connectivity index (χ0v) is 19.7. The highest BCUT2D eigenvalue weighted by Gasteiger charge is 2.23. The molecule has 3 aromatic carbocycles. The lowest BCUT2D eigenvalue weighted by molar-refractivity contribution is 0.475. The van der Waals surface area contributed by atoms with E-state index >= 15 is 0 Å². The lowest BCUT2D eigenvalue weighted by Crippen LogP contribution is -2.19. The summed E-state index contributed by atoms with van der Waals surface area (Å²) in [4.78, 5) is 2.20. The van der Waals surface area contributed by atoms with Crippen LogP contribution in [0, 0.1) is 0 Å². The van der Waals surface area contributed by atoms with Crippen molar-refractivity contribution in [2.45, 2.75) is 52.4 Å². The normalized spacial score (nSPS) is 12.1. The van der Waals surface area contributed by atoms with Gasteiger partial charge in [0.1, 0.15) is 5.75 Å². The molecule has 0 aliphatic heterocycles. The first kappa shape index (κ1) is 21.4. The van der Waals surface area contributed by atoms with E-state index in [9.17, 15) is 5.11 Å². The van der Waals surface area contributed by atoms with E-state index in [1.54, 1.807) is 12.1 Å². The van der Waals surface area contributed by atoms with Gasteiger partial charge in [-0.1, -0.05) is 81.7 Å². The topological polar surface area (TPSA) is 23.5 Å². The van der Waals surface area contributed by atoms with E-state index in [-0.39, 0.29) is 16.6 Å². The van der Waals surface area contributed by atoms with E-state index in [0.29, 0.717) is 0 Å². The Morgan fingerprint density at radius 2 is 1.17 bits per heavy atom. The second-order valence-corrected chi connectivity index (χ2v) is 10.5. The van der Waals surface area contributed by atoms with Crippen LogP contribution in [0.5, 0.6) is 5.75 Å². The largest absolute Gasteiger partial charge is 0.508 e. The molecule has 3 rings (SSSR count). The predicted molar refractivity (Wildman–Crippen MR) is 128 cm³/mol. The predicted octanol–water partition coefficient (Wildman–Crippen LogP) is 8.22. The summed E-state index contributed by atoms with van der Waals surface area (Å²) in [7, 11) is 0. The summed E-state index contributed by atoms with van der Waals surface area (Å²) >= 11 is 3.53. The number of halogens is 1. The van der Waals surface area contributed by atoms with Crippen molar-refractivity contribution < 1.29 is 5.11 Å². The van der Waals surface area contributed by atoms with Crippen molar-refractivity contribution in [3.8, 4) is 5.75 Å². The highest BCUT2D eigenvalue weighted by Crippen LogP contribution is 2.41.